The molecule has 1 unspecified atom stereocenters. The van der Waals surface area contributed by atoms with E-state index in [0.717, 1.165) is 11.6 Å². The highest BCUT2D eigenvalue weighted by Crippen LogP contribution is 2.12. The monoisotopic (exact) mass is 283 g/mol. The van der Waals surface area contributed by atoms with E-state index in [4.69, 9.17) is 4.74 Å². The number of ether oxygens (including phenoxy) is 1. The third-order valence-corrected chi connectivity index (χ3v) is 3.76. The van der Waals surface area contributed by atoms with Crippen molar-refractivity contribution in [1.82, 2.24) is 9.88 Å². The van der Waals surface area contributed by atoms with Gasteiger partial charge in [0.05, 0.1) is 18.3 Å². The van der Waals surface area contributed by atoms with Gasteiger partial charge in [-0.1, -0.05) is 0 Å². The van der Waals surface area contributed by atoms with E-state index in [1.165, 1.54) is 10.6 Å². The van der Waals surface area contributed by atoms with Crippen LogP contribution in [0.15, 0.2) is 23.1 Å². The smallest absolute Gasteiger partial charge is 0.250 e. The Hall–Kier alpha value is -1.31. The van der Waals surface area contributed by atoms with E-state index < -0.39 is 0 Å². The molecular formula is C12H17N3O3S. The van der Waals surface area contributed by atoms with Crippen LogP contribution in [0.3, 0.4) is 0 Å². The predicted octanol–water partition coefficient (Wildman–Crippen LogP) is 0.0957. The minimum Gasteiger partial charge on any atom is -0.383 e. The van der Waals surface area contributed by atoms with E-state index in [9.17, 15) is 9.59 Å². The molecule has 6 nitrogen and oxygen atoms in total. The molecule has 104 valence electrons. The van der Waals surface area contributed by atoms with Crippen LogP contribution in [0.25, 0.3) is 0 Å². The summed E-state index contributed by atoms with van der Waals surface area (Å²) in [5.74, 6) is 1.50. The van der Waals surface area contributed by atoms with E-state index in [2.05, 4.69) is 10.6 Å². The Morgan fingerprint density at radius 2 is 2.47 bits per heavy atom. The maximum Gasteiger partial charge on any atom is 0.250 e. The van der Waals surface area contributed by atoms with Crippen molar-refractivity contribution in [3.05, 3.63) is 28.7 Å². The number of pyridine rings is 1. The first-order valence-corrected chi connectivity index (χ1v) is 7.17. The number of methoxy groups -OCH3 is 1. The first kappa shape index (κ1) is 14.1. The van der Waals surface area contributed by atoms with Gasteiger partial charge in [-0.3, -0.25) is 14.9 Å². The highest BCUT2D eigenvalue weighted by molar-refractivity contribution is 7.99. The fraction of sp³-hybridized carbons (Fsp3) is 0.500. The quantitative estimate of drug-likeness (QED) is 0.801. The lowest BCUT2D eigenvalue weighted by molar-refractivity contribution is -0.117. The molecule has 1 fully saturated rings. The summed E-state index contributed by atoms with van der Waals surface area (Å²) in [6.45, 7) is 0.925. The van der Waals surface area contributed by atoms with Gasteiger partial charge in [0, 0.05) is 37.5 Å². The topological polar surface area (TPSA) is 72.4 Å². The third-order valence-electron chi connectivity index (χ3n) is 2.82. The number of rotatable bonds is 5. The summed E-state index contributed by atoms with van der Waals surface area (Å²) >= 11 is 1.69. The summed E-state index contributed by atoms with van der Waals surface area (Å²) < 4.78 is 6.47. The molecule has 2 rings (SSSR count). The number of anilines is 1. The molecule has 1 aromatic rings. The standard InChI is InChI=1S/C12H17N3O3S/c1-18-5-4-15-6-9(2-3-11(15)16)14-12(17)10-7-19-8-13-10/h2-3,6,10,13H,4-5,7-8H2,1H3,(H,14,17). The lowest BCUT2D eigenvalue weighted by Crippen LogP contribution is -2.37. The van der Waals surface area contributed by atoms with Crippen LogP contribution in [0.4, 0.5) is 5.69 Å². The molecule has 0 saturated carbocycles. The van der Waals surface area contributed by atoms with Crippen LogP contribution in [0.1, 0.15) is 0 Å². The molecule has 1 aliphatic rings. The van der Waals surface area contributed by atoms with E-state index in [1.807, 2.05) is 0 Å². The van der Waals surface area contributed by atoms with Crippen molar-refractivity contribution in [3.8, 4) is 0 Å². The van der Waals surface area contributed by atoms with Crippen LogP contribution in [0.2, 0.25) is 0 Å². The van der Waals surface area contributed by atoms with Crippen molar-refractivity contribution in [2.75, 3.05) is 30.7 Å². The second kappa shape index (κ2) is 6.74. The number of hydrogen-bond acceptors (Lipinski definition) is 5. The molecule has 1 amide bonds. The zero-order valence-corrected chi connectivity index (χ0v) is 11.5. The van der Waals surface area contributed by atoms with Gasteiger partial charge in [-0.25, -0.2) is 0 Å². The lowest BCUT2D eigenvalue weighted by atomic mass is 10.3. The van der Waals surface area contributed by atoms with Gasteiger partial charge >= 0.3 is 0 Å². The minimum absolute atomic E-state index is 0.0676. The molecule has 19 heavy (non-hydrogen) atoms. The van der Waals surface area contributed by atoms with Gasteiger partial charge < -0.3 is 14.6 Å². The molecule has 0 aromatic carbocycles. The van der Waals surface area contributed by atoms with Gasteiger partial charge in [0.2, 0.25) is 5.91 Å². The summed E-state index contributed by atoms with van der Waals surface area (Å²) in [5, 5.41) is 5.91. The molecule has 1 aromatic heterocycles. The molecule has 2 N–H and O–H groups in total. The second-order valence-corrected chi connectivity index (χ2v) is 5.23. The van der Waals surface area contributed by atoms with Crippen molar-refractivity contribution in [2.45, 2.75) is 12.6 Å². The second-order valence-electron chi connectivity index (χ2n) is 4.20. The van der Waals surface area contributed by atoms with Gasteiger partial charge in [-0.05, 0) is 6.07 Å². The highest BCUT2D eigenvalue weighted by atomic mass is 32.2. The average Bonchev–Trinajstić information content (AvgIpc) is 2.93. The minimum atomic E-state index is -0.163. The van der Waals surface area contributed by atoms with Crippen molar-refractivity contribution >= 4 is 23.4 Å². The Kier molecular flexibility index (Phi) is 5.00. The number of aromatic nitrogens is 1. The highest BCUT2D eigenvalue weighted by Gasteiger charge is 2.22. The Labute approximate surface area is 115 Å². The van der Waals surface area contributed by atoms with Crippen molar-refractivity contribution in [3.63, 3.8) is 0 Å². The van der Waals surface area contributed by atoms with Gasteiger partial charge in [-0.15, -0.1) is 11.8 Å². The molecule has 7 heteroatoms. The number of nitrogens with zero attached hydrogens (tertiary/aromatic N) is 1. The predicted molar refractivity (Wildman–Crippen MR) is 75.5 cm³/mol. The Balaban J connectivity index is 2.03. The Morgan fingerprint density at radius 1 is 1.63 bits per heavy atom. The number of carbonyl (C=O) groups is 1. The lowest BCUT2D eigenvalue weighted by Gasteiger charge is -2.12. The van der Waals surface area contributed by atoms with Crippen LogP contribution in [-0.4, -0.2) is 41.9 Å². The molecule has 1 aliphatic heterocycles. The third kappa shape index (κ3) is 3.82. The molecule has 0 bridgehead atoms. The molecule has 1 saturated heterocycles. The van der Waals surface area contributed by atoms with Crippen molar-refractivity contribution in [2.24, 2.45) is 0 Å². The number of hydrogen-bond donors (Lipinski definition) is 2. The summed E-state index contributed by atoms with van der Waals surface area (Å²) in [4.78, 5) is 23.5. The zero-order chi connectivity index (χ0) is 13.7. The summed E-state index contributed by atoms with van der Waals surface area (Å²) in [6.07, 6.45) is 1.64. The average molecular weight is 283 g/mol. The number of amides is 1. The van der Waals surface area contributed by atoms with E-state index >= 15 is 0 Å². The SMILES string of the molecule is COCCn1cc(NC(=O)C2CSCN2)ccc1=O. The molecule has 2 heterocycles. The molecule has 0 radical (unpaired) electrons. The zero-order valence-electron chi connectivity index (χ0n) is 10.7. The van der Waals surface area contributed by atoms with Gasteiger partial charge in [-0.2, -0.15) is 0 Å². The normalized spacial score (nSPS) is 18.5. The summed E-state index contributed by atoms with van der Waals surface area (Å²) in [5.41, 5.74) is 0.518. The first-order valence-electron chi connectivity index (χ1n) is 6.02. The fourth-order valence-corrected chi connectivity index (χ4v) is 2.70. The van der Waals surface area contributed by atoms with E-state index in [1.54, 1.807) is 31.1 Å². The van der Waals surface area contributed by atoms with Crippen molar-refractivity contribution < 1.29 is 9.53 Å². The fourth-order valence-electron chi connectivity index (χ4n) is 1.76. The molecule has 1 atom stereocenters. The molecular weight excluding hydrogens is 266 g/mol. The number of carbonyl (C=O) groups excluding carboxylic acids is 1. The molecule has 0 aliphatic carbocycles. The molecule has 0 spiro atoms. The number of thioether (sulfide) groups is 1. The summed E-state index contributed by atoms with van der Waals surface area (Å²) in [6, 6.07) is 2.90. The Morgan fingerprint density at radius 3 is 3.16 bits per heavy atom. The van der Waals surface area contributed by atoms with Crippen LogP contribution in [0, 0.1) is 0 Å². The van der Waals surface area contributed by atoms with Crippen LogP contribution < -0.4 is 16.2 Å². The maximum atomic E-state index is 11.9. The number of nitrogens with one attached hydrogen (secondary N) is 2. The largest absolute Gasteiger partial charge is 0.383 e. The van der Waals surface area contributed by atoms with E-state index in [0.29, 0.717) is 18.8 Å². The van der Waals surface area contributed by atoms with Crippen LogP contribution >= 0.6 is 11.8 Å². The van der Waals surface area contributed by atoms with Crippen molar-refractivity contribution in [1.29, 1.82) is 0 Å². The first-order chi connectivity index (χ1) is 9.20. The summed E-state index contributed by atoms with van der Waals surface area (Å²) in [7, 11) is 1.58. The van der Waals surface area contributed by atoms with E-state index in [-0.39, 0.29) is 17.5 Å². The maximum absolute atomic E-state index is 11.9. The Bertz CT molecular complexity index is 497. The van der Waals surface area contributed by atoms with Crippen LogP contribution in [0.5, 0.6) is 0 Å². The van der Waals surface area contributed by atoms with Gasteiger partial charge in [0.25, 0.3) is 5.56 Å². The van der Waals surface area contributed by atoms with Gasteiger partial charge in [0.15, 0.2) is 0 Å². The van der Waals surface area contributed by atoms with Crippen LogP contribution in [-0.2, 0) is 16.1 Å². The van der Waals surface area contributed by atoms with Gasteiger partial charge in [0.1, 0.15) is 0 Å².